The lowest BCUT2D eigenvalue weighted by Crippen LogP contribution is -2.50. The molecule has 1 aliphatic rings. The van der Waals surface area contributed by atoms with Gasteiger partial charge in [-0.3, -0.25) is 14.5 Å². The maximum absolute atomic E-state index is 12.1. The molecule has 2 aromatic rings. The van der Waals surface area contributed by atoms with Gasteiger partial charge < -0.3 is 20.0 Å². The van der Waals surface area contributed by atoms with Crippen LogP contribution in [-0.4, -0.2) is 56.0 Å². The highest BCUT2D eigenvalue weighted by molar-refractivity contribution is 6.35. The first-order valence-corrected chi connectivity index (χ1v) is 9.82. The van der Waals surface area contributed by atoms with Gasteiger partial charge in [0.25, 0.3) is 0 Å². The van der Waals surface area contributed by atoms with E-state index in [1.54, 1.807) is 6.26 Å². The molecule has 2 N–H and O–H groups in total. The number of furan rings is 1. The number of benzene rings is 1. The number of carbonyl (C=O) groups is 2. The second-order valence-electron chi connectivity index (χ2n) is 6.86. The molecule has 0 radical (unpaired) electrons. The molecule has 7 heteroatoms. The number of hydrogen-bond acceptors (Lipinski definition) is 5. The van der Waals surface area contributed by atoms with E-state index in [4.69, 9.17) is 4.42 Å². The van der Waals surface area contributed by atoms with E-state index in [9.17, 15) is 9.59 Å². The van der Waals surface area contributed by atoms with Crippen LogP contribution in [0.15, 0.2) is 53.1 Å². The molecule has 0 spiro atoms. The molecule has 1 aromatic carbocycles. The highest BCUT2D eigenvalue weighted by Crippen LogP contribution is 2.24. The molecule has 28 heavy (non-hydrogen) atoms. The molecule has 150 valence electrons. The molecule has 3 rings (SSSR count). The molecule has 0 saturated carbocycles. The van der Waals surface area contributed by atoms with Crippen molar-refractivity contribution < 1.29 is 14.0 Å². The van der Waals surface area contributed by atoms with Crippen LogP contribution in [0.25, 0.3) is 0 Å². The van der Waals surface area contributed by atoms with Gasteiger partial charge in [-0.25, -0.2) is 0 Å². The maximum Gasteiger partial charge on any atom is 0.309 e. The number of anilines is 1. The van der Waals surface area contributed by atoms with E-state index in [2.05, 4.69) is 32.6 Å². The zero-order valence-electron chi connectivity index (χ0n) is 16.3. The van der Waals surface area contributed by atoms with Gasteiger partial charge in [0.1, 0.15) is 5.76 Å². The first kappa shape index (κ1) is 19.9. The second-order valence-corrected chi connectivity index (χ2v) is 6.86. The van der Waals surface area contributed by atoms with Crippen LogP contribution in [0, 0.1) is 0 Å². The normalized spacial score (nSPS) is 15.8. The largest absolute Gasteiger partial charge is 0.468 e. The number of nitrogens with one attached hydrogen (secondary N) is 2. The summed E-state index contributed by atoms with van der Waals surface area (Å²) in [4.78, 5) is 28.5. The van der Waals surface area contributed by atoms with Crippen molar-refractivity contribution >= 4 is 17.5 Å². The smallest absolute Gasteiger partial charge is 0.309 e. The Morgan fingerprint density at radius 2 is 1.71 bits per heavy atom. The van der Waals surface area contributed by atoms with Gasteiger partial charge in [0, 0.05) is 45.0 Å². The number of nitrogens with zero attached hydrogens (tertiary/aromatic N) is 2. The zero-order chi connectivity index (χ0) is 19.8. The van der Waals surface area contributed by atoms with E-state index < -0.39 is 11.8 Å². The van der Waals surface area contributed by atoms with Crippen molar-refractivity contribution in [2.75, 3.05) is 44.2 Å². The van der Waals surface area contributed by atoms with E-state index in [0.29, 0.717) is 13.1 Å². The molecular formula is C21H28N4O3. The monoisotopic (exact) mass is 384 g/mol. The Morgan fingerprint density at radius 3 is 2.36 bits per heavy atom. The van der Waals surface area contributed by atoms with Crippen molar-refractivity contribution in [1.82, 2.24) is 15.5 Å². The summed E-state index contributed by atoms with van der Waals surface area (Å²) in [5.41, 5.74) is 1.22. The van der Waals surface area contributed by atoms with E-state index in [1.165, 1.54) is 5.69 Å². The molecule has 1 fully saturated rings. The van der Waals surface area contributed by atoms with Gasteiger partial charge in [0.15, 0.2) is 0 Å². The van der Waals surface area contributed by atoms with Crippen molar-refractivity contribution in [2.24, 2.45) is 0 Å². The van der Waals surface area contributed by atoms with Crippen molar-refractivity contribution in [3.8, 4) is 0 Å². The Hall–Kier alpha value is -2.80. The number of hydrogen-bond donors (Lipinski definition) is 2. The van der Waals surface area contributed by atoms with Gasteiger partial charge in [-0.15, -0.1) is 0 Å². The van der Waals surface area contributed by atoms with Gasteiger partial charge in [-0.1, -0.05) is 25.1 Å². The minimum atomic E-state index is -0.604. The molecule has 1 saturated heterocycles. The van der Waals surface area contributed by atoms with Crippen molar-refractivity contribution in [3.05, 3.63) is 54.5 Å². The Bertz CT molecular complexity index is 740. The Labute approximate surface area is 165 Å². The third-order valence-electron chi connectivity index (χ3n) is 4.95. The van der Waals surface area contributed by atoms with E-state index in [-0.39, 0.29) is 6.04 Å². The van der Waals surface area contributed by atoms with Gasteiger partial charge in [-0.05, 0) is 30.7 Å². The topological polar surface area (TPSA) is 77.8 Å². The summed E-state index contributed by atoms with van der Waals surface area (Å²) in [7, 11) is 0. The Balaban J connectivity index is 1.59. The van der Waals surface area contributed by atoms with E-state index in [0.717, 1.165) is 38.4 Å². The van der Waals surface area contributed by atoms with Crippen LogP contribution >= 0.6 is 0 Å². The van der Waals surface area contributed by atoms with Crippen LogP contribution < -0.4 is 15.5 Å². The molecule has 1 atom stereocenters. The molecule has 7 nitrogen and oxygen atoms in total. The lowest BCUT2D eigenvalue weighted by Gasteiger charge is -2.39. The first-order valence-electron chi connectivity index (χ1n) is 9.82. The summed E-state index contributed by atoms with van der Waals surface area (Å²) in [6.07, 6.45) is 2.43. The molecule has 0 bridgehead atoms. The minimum Gasteiger partial charge on any atom is -0.468 e. The molecule has 0 aliphatic carbocycles. The molecule has 2 heterocycles. The number of rotatable bonds is 7. The maximum atomic E-state index is 12.1. The van der Waals surface area contributed by atoms with Crippen LogP contribution in [0.2, 0.25) is 0 Å². The summed E-state index contributed by atoms with van der Waals surface area (Å²) >= 11 is 0. The van der Waals surface area contributed by atoms with Crippen LogP contribution in [-0.2, 0) is 9.59 Å². The van der Waals surface area contributed by atoms with Gasteiger partial charge in [0.2, 0.25) is 0 Å². The third-order valence-corrected chi connectivity index (χ3v) is 4.95. The van der Waals surface area contributed by atoms with Crippen molar-refractivity contribution in [3.63, 3.8) is 0 Å². The average molecular weight is 384 g/mol. The number of piperazine rings is 1. The summed E-state index contributed by atoms with van der Waals surface area (Å²) in [6, 6.07) is 14.0. The SMILES string of the molecule is CCCNC(=O)C(=O)NC[C@H](c1ccco1)N1CCN(c2ccccc2)CC1. The molecule has 1 aromatic heterocycles. The molecular weight excluding hydrogens is 356 g/mol. The first-order chi connectivity index (χ1) is 13.7. The fourth-order valence-corrected chi connectivity index (χ4v) is 3.41. The minimum absolute atomic E-state index is 0.101. The Kier molecular flexibility index (Phi) is 7.08. The van der Waals surface area contributed by atoms with Gasteiger partial charge >= 0.3 is 11.8 Å². The van der Waals surface area contributed by atoms with Gasteiger partial charge in [0.05, 0.1) is 12.3 Å². The standard InChI is InChI=1S/C21H28N4O3/c1-2-10-22-20(26)21(27)23-16-18(19-9-6-15-28-19)25-13-11-24(12-14-25)17-7-4-3-5-8-17/h3-9,15,18H,2,10-14,16H2,1H3,(H,22,26)(H,23,27)/t18-/m1/s1. The zero-order valence-corrected chi connectivity index (χ0v) is 16.3. The lowest BCUT2D eigenvalue weighted by atomic mass is 10.1. The summed E-state index contributed by atoms with van der Waals surface area (Å²) in [5, 5.41) is 5.35. The lowest BCUT2D eigenvalue weighted by molar-refractivity contribution is -0.139. The third kappa shape index (κ3) is 5.13. The molecule has 0 unspecified atom stereocenters. The predicted molar refractivity (Wildman–Crippen MR) is 108 cm³/mol. The Morgan fingerprint density at radius 1 is 1.00 bits per heavy atom. The summed E-state index contributed by atoms with van der Waals surface area (Å²) in [5.74, 6) is -0.399. The summed E-state index contributed by atoms with van der Waals surface area (Å²) in [6.45, 7) is 6.25. The van der Waals surface area contributed by atoms with Crippen molar-refractivity contribution in [1.29, 1.82) is 0 Å². The second kappa shape index (κ2) is 9.94. The quantitative estimate of drug-likeness (QED) is 0.712. The van der Waals surface area contributed by atoms with Crippen LogP contribution in [0.5, 0.6) is 0 Å². The highest BCUT2D eigenvalue weighted by atomic mass is 16.3. The number of carbonyl (C=O) groups excluding carboxylic acids is 2. The predicted octanol–water partition coefficient (Wildman–Crippen LogP) is 1.79. The number of amides is 2. The van der Waals surface area contributed by atoms with E-state index in [1.807, 2.05) is 37.3 Å². The molecule has 2 amide bonds. The summed E-state index contributed by atoms with van der Waals surface area (Å²) < 4.78 is 5.61. The highest BCUT2D eigenvalue weighted by Gasteiger charge is 2.28. The fraction of sp³-hybridized carbons (Fsp3) is 0.429. The van der Waals surface area contributed by atoms with Crippen molar-refractivity contribution in [2.45, 2.75) is 19.4 Å². The average Bonchev–Trinajstić information content (AvgIpc) is 3.27. The molecule has 1 aliphatic heterocycles. The van der Waals surface area contributed by atoms with E-state index >= 15 is 0 Å². The van der Waals surface area contributed by atoms with Crippen LogP contribution in [0.4, 0.5) is 5.69 Å². The number of para-hydroxylation sites is 1. The fourth-order valence-electron chi connectivity index (χ4n) is 3.41. The van der Waals surface area contributed by atoms with Crippen LogP contribution in [0.1, 0.15) is 25.1 Å². The van der Waals surface area contributed by atoms with Crippen LogP contribution in [0.3, 0.4) is 0 Å². The van der Waals surface area contributed by atoms with Gasteiger partial charge in [-0.2, -0.15) is 0 Å².